The van der Waals surface area contributed by atoms with E-state index in [4.69, 9.17) is 0 Å². The summed E-state index contributed by atoms with van der Waals surface area (Å²) >= 11 is 1.67. The number of hydrogen-bond donors (Lipinski definition) is 1. The first-order valence-electron chi connectivity index (χ1n) is 3.83. The molecular formula is C9H8N2OS. The molecule has 0 bridgehead atoms. The third kappa shape index (κ3) is 1.58. The van der Waals surface area contributed by atoms with Gasteiger partial charge < -0.3 is 4.98 Å². The van der Waals surface area contributed by atoms with Crippen molar-refractivity contribution in [2.75, 3.05) is 6.26 Å². The summed E-state index contributed by atoms with van der Waals surface area (Å²) in [4.78, 5) is 18.4. The summed E-state index contributed by atoms with van der Waals surface area (Å²) in [6.07, 6.45) is 3.61. The van der Waals surface area contributed by atoms with Gasteiger partial charge in [0.05, 0.1) is 5.52 Å². The van der Waals surface area contributed by atoms with Crippen LogP contribution in [0, 0.1) is 0 Å². The van der Waals surface area contributed by atoms with Crippen LogP contribution in [0.25, 0.3) is 10.9 Å². The Labute approximate surface area is 79.2 Å². The van der Waals surface area contributed by atoms with Gasteiger partial charge in [0, 0.05) is 16.5 Å². The Bertz CT molecular complexity index is 492. The van der Waals surface area contributed by atoms with Gasteiger partial charge >= 0.3 is 5.69 Å². The number of aromatic amines is 1. The summed E-state index contributed by atoms with van der Waals surface area (Å²) in [6, 6.07) is 5.87. The molecule has 1 aromatic heterocycles. The zero-order chi connectivity index (χ0) is 9.26. The fraction of sp³-hybridized carbons (Fsp3) is 0.111. The predicted molar refractivity (Wildman–Crippen MR) is 54.1 cm³/mol. The fourth-order valence-electron chi connectivity index (χ4n) is 1.16. The molecule has 0 atom stereocenters. The van der Waals surface area contributed by atoms with E-state index in [0.717, 1.165) is 10.9 Å². The Morgan fingerprint density at radius 3 is 3.08 bits per heavy atom. The van der Waals surface area contributed by atoms with E-state index in [9.17, 15) is 4.79 Å². The zero-order valence-electron chi connectivity index (χ0n) is 7.07. The van der Waals surface area contributed by atoms with Crippen molar-refractivity contribution in [1.82, 2.24) is 9.97 Å². The molecule has 0 aliphatic rings. The van der Waals surface area contributed by atoms with Crippen LogP contribution in [-0.2, 0) is 0 Å². The molecule has 0 unspecified atom stereocenters. The molecular weight excluding hydrogens is 184 g/mol. The van der Waals surface area contributed by atoms with Crippen LogP contribution in [0.2, 0.25) is 0 Å². The van der Waals surface area contributed by atoms with E-state index >= 15 is 0 Å². The smallest absolute Gasteiger partial charge is 0.305 e. The lowest BCUT2D eigenvalue weighted by Gasteiger charge is -1.98. The van der Waals surface area contributed by atoms with Gasteiger partial charge in [0.1, 0.15) is 0 Å². The summed E-state index contributed by atoms with van der Waals surface area (Å²) in [6.45, 7) is 0. The van der Waals surface area contributed by atoms with Crippen molar-refractivity contribution >= 4 is 22.7 Å². The molecule has 13 heavy (non-hydrogen) atoms. The number of benzene rings is 1. The Morgan fingerprint density at radius 2 is 2.31 bits per heavy atom. The van der Waals surface area contributed by atoms with E-state index in [1.165, 1.54) is 4.90 Å². The van der Waals surface area contributed by atoms with Gasteiger partial charge in [-0.3, -0.25) is 0 Å². The van der Waals surface area contributed by atoms with Crippen molar-refractivity contribution in [2.24, 2.45) is 0 Å². The van der Waals surface area contributed by atoms with Crippen LogP contribution in [-0.4, -0.2) is 16.2 Å². The minimum absolute atomic E-state index is 0.301. The number of hydrogen-bond acceptors (Lipinski definition) is 3. The molecule has 66 valence electrons. The van der Waals surface area contributed by atoms with E-state index in [1.54, 1.807) is 18.0 Å². The number of aromatic nitrogens is 2. The molecule has 1 aromatic carbocycles. The highest BCUT2D eigenvalue weighted by molar-refractivity contribution is 7.98. The predicted octanol–water partition coefficient (Wildman–Crippen LogP) is 1.64. The maximum absolute atomic E-state index is 10.9. The molecule has 0 aliphatic heterocycles. The van der Waals surface area contributed by atoms with Gasteiger partial charge in [0.15, 0.2) is 0 Å². The second-order valence-electron chi connectivity index (χ2n) is 2.64. The van der Waals surface area contributed by atoms with Gasteiger partial charge in [-0.1, -0.05) is 0 Å². The number of H-pyrrole nitrogens is 1. The van der Waals surface area contributed by atoms with Crippen LogP contribution < -0.4 is 5.69 Å². The van der Waals surface area contributed by atoms with Crippen molar-refractivity contribution in [3.8, 4) is 0 Å². The lowest BCUT2D eigenvalue weighted by atomic mass is 10.2. The first-order chi connectivity index (χ1) is 6.29. The van der Waals surface area contributed by atoms with Crippen LogP contribution in [0.5, 0.6) is 0 Å². The lowest BCUT2D eigenvalue weighted by molar-refractivity contribution is 1.12. The first kappa shape index (κ1) is 8.31. The molecule has 0 fully saturated rings. The van der Waals surface area contributed by atoms with Crippen molar-refractivity contribution in [3.63, 3.8) is 0 Å². The van der Waals surface area contributed by atoms with Crippen molar-refractivity contribution in [3.05, 3.63) is 34.9 Å². The molecule has 0 spiro atoms. The minimum atomic E-state index is -0.301. The average Bonchev–Trinajstić information content (AvgIpc) is 2.17. The van der Waals surface area contributed by atoms with Gasteiger partial charge in [0.25, 0.3) is 0 Å². The molecule has 0 amide bonds. The summed E-state index contributed by atoms with van der Waals surface area (Å²) in [5.41, 5.74) is 0.530. The van der Waals surface area contributed by atoms with E-state index in [1.807, 2.05) is 24.5 Å². The van der Waals surface area contributed by atoms with Gasteiger partial charge in [-0.15, -0.1) is 11.8 Å². The summed E-state index contributed by atoms with van der Waals surface area (Å²) in [5, 5.41) is 0.964. The third-order valence-corrected chi connectivity index (χ3v) is 2.55. The van der Waals surface area contributed by atoms with E-state index in [-0.39, 0.29) is 5.69 Å². The monoisotopic (exact) mass is 192 g/mol. The Balaban J connectivity index is 2.73. The number of rotatable bonds is 1. The SMILES string of the molecule is CSc1ccc2[nH]c(=O)ncc2c1. The highest BCUT2D eigenvalue weighted by Gasteiger charge is 1.96. The van der Waals surface area contributed by atoms with Crippen LogP contribution in [0.15, 0.2) is 34.1 Å². The molecule has 0 aliphatic carbocycles. The largest absolute Gasteiger partial charge is 0.345 e. The lowest BCUT2D eigenvalue weighted by Crippen LogP contribution is -2.08. The maximum Gasteiger partial charge on any atom is 0.345 e. The molecule has 0 saturated heterocycles. The second kappa shape index (κ2) is 3.22. The van der Waals surface area contributed by atoms with Crippen molar-refractivity contribution in [2.45, 2.75) is 4.90 Å². The highest BCUT2D eigenvalue weighted by Crippen LogP contribution is 2.18. The Kier molecular flexibility index (Phi) is 2.06. The van der Waals surface area contributed by atoms with Gasteiger partial charge in [-0.05, 0) is 24.5 Å². The molecule has 1 N–H and O–H groups in total. The molecule has 2 aromatic rings. The van der Waals surface area contributed by atoms with Crippen LogP contribution in [0.4, 0.5) is 0 Å². The first-order valence-corrected chi connectivity index (χ1v) is 5.05. The van der Waals surface area contributed by atoms with Gasteiger partial charge in [-0.25, -0.2) is 9.78 Å². The molecule has 3 nitrogen and oxygen atoms in total. The normalized spacial score (nSPS) is 10.5. The zero-order valence-corrected chi connectivity index (χ0v) is 7.89. The quantitative estimate of drug-likeness (QED) is 0.699. The maximum atomic E-state index is 10.9. The third-order valence-electron chi connectivity index (χ3n) is 1.82. The van der Waals surface area contributed by atoms with E-state index in [0.29, 0.717) is 0 Å². The topological polar surface area (TPSA) is 45.8 Å². The number of fused-ring (bicyclic) bond motifs is 1. The average molecular weight is 192 g/mol. The van der Waals surface area contributed by atoms with Gasteiger partial charge in [-0.2, -0.15) is 0 Å². The van der Waals surface area contributed by atoms with E-state index in [2.05, 4.69) is 9.97 Å². The summed E-state index contributed by atoms with van der Waals surface area (Å²) < 4.78 is 0. The van der Waals surface area contributed by atoms with E-state index < -0.39 is 0 Å². The second-order valence-corrected chi connectivity index (χ2v) is 3.52. The van der Waals surface area contributed by atoms with Crippen LogP contribution >= 0.6 is 11.8 Å². The summed E-state index contributed by atoms with van der Waals surface area (Å²) in [5.74, 6) is 0. The van der Waals surface area contributed by atoms with Crippen LogP contribution in [0.3, 0.4) is 0 Å². The van der Waals surface area contributed by atoms with Crippen molar-refractivity contribution in [1.29, 1.82) is 0 Å². The number of nitrogens with one attached hydrogen (secondary N) is 1. The minimum Gasteiger partial charge on any atom is -0.305 e. The van der Waals surface area contributed by atoms with Gasteiger partial charge in [0.2, 0.25) is 0 Å². The highest BCUT2D eigenvalue weighted by atomic mass is 32.2. The molecule has 2 rings (SSSR count). The fourth-order valence-corrected chi connectivity index (χ4v) is 1.61. The number of nitrogens with zero attached hydrogens (tertiary/aromatic N) is 1. The molecule has 4 heteroatoms. The number of thioether (sulfide) groups is 1. The molecule has 1 heterocycles. The van der Waals surface area contributed by atoms with Crippen LogP contribution in [0.1, 0.15) is 0 Å². The standard InChI is InChI=1S/C9H8N2OS/c1-13-7-2-3-8-6(4-7)5-10-9(12)11-8/h2-5H,1H3,(H,10,11,12). The molecule has 0 radical (unpaired) electrons. The Hall–Kier alpha value is -1.29. The Morgan fingerprint density at radius 1 is 1.46 bits per heavy atom. The molecule has 0 saturated carbocycles. The summed E-state index contributed by atoms with van der Waals surface area (Å²) in [7, 11) is 0. The van der Waals surface area contributed by atoms with Crippen molar-refractivity contribution < 1.29 is 0 Å².